The van der Waals surface area contributed by atoms with Crippen molar-refractivity contribution in [3.05, 3.63) is 48.0 Å². The number of nitrogens with zero attached hydrogens (tertiary/aromatic N) is 4. The molecule has 148 valence electrons. The molecule has 3 heterocycles. The zero-order chi connectivity index (χ0) is 19.7. The van der Waals surface area contributed by atoms with Crippen molar-refractivity contribution in [3.8, 4) is 5.75 Å². The second-order valence-electron chi connectivity index (χ2n) is 6.47. The molecular weight excluding hydrogens is 366 g/mol. The maximum absolute atomic E-state index is 10.4. The number of aliphatic hydroxyl groups is 3. The predicted octanol–water partition coefficient (Wildman–Crippen LogP) is -0.520. The highest BCUT2D eigenvalue weighted by Gasteiger charge is 2.43. The van der Waals surface area contributed by atoms with Gasteiger partial charge in [-0.05, 0) is 17.7 Å². The first-order chi connectivity index (χ1) is 13.6. The van der Waals surface area contributed by atoms with Crippen LogP contribution in [0.25, 0.3) is 11.2 Å². The van der Waals surface area contributed by atoms with Crippen molar-refractivity contribution in [3.63, 3.8) is 0 Å². The zero-order valence-corrected chi connectivity index (χ0v) is 15.1. The van der Waals surface area contributed by atoms with Gasteiger partial charge in [-0.3, -0.25) is 9.56 Å². The molecule has 0 radical (unpaired) electrons. The molecule has 0 aliphatic carbocycles. The number of fused-ring (bicyclic) bond motifs is 1. The van der Waals surface area contributed by atoms with Crippen LogP contribution in [-0.4, -0.2) is 66.9 Å². The summed E-state index contributed by atoms with van der Waals surface area (Å²) in [6, 6.07) is 7.53. The van der Waals surface area contributed by atoms with Crippen molar-refractivity contribution in [1.29, 1.82) is 0 Å². The number of rotatable bonds is 5. The number of imidazole rings is 1. The fraction of sp³-hybridized carbons (Fsp3) is 0.389. The van der Waals surface area contributed by atoms with E-state index in [1.165, 1.54) is 17.2 Å². The maximum atomic E-state index is 10.4. The first-order valence-electron chi connectivity index (χ1n) is 8.78. The topological polar surface area (TPSA) is 138 Å². The summed E-state index contributed by atoms with van der Waals surface area (Å²) in [4.78, 5) is 16.1. The molecule has 0 unspecified atom stereocenters. The van der Waals surface area contributed by atoms with Crippen LogP contribution >= 0.6 is 0 Å². The van der Waals surface area contributed by atoms with Crippen LogP contribution < -0.4 is 10.2 Å². The fourth-order valence-electron chi connectivity index (χ4n) is 3.24. The quantitative estimate of drug-likeness (QED) is 0.462. The van der Waals surface area contributed by atoms with Crippen molar-refractivity contribution in [1.82, 2.24) is 19.5 Å². The smallest absolute Gasteiger partial charge is 0.182 e. The number of aromatic nitrogens is 4. The Hall–Kier alpha value is -2.79. The van der Waals surface area contributed by atoms with Gasteiger partial charge in [0.25, 0.3) is 0 Å². The van der Waals surface area contributed by atoms with E-state index in [2.05, 4.69) is 19.9 Å². The van der Waals surface area contributed by atoms with Crippen molar-refractivity contribution >= 4 is 11.2 Å². The van der Waals surface area contributed by atoms with Gasteiger partial charge in [0.1, 0.15) is 35.9 Å². The molecule has 3 aromatic rings. The number of aromatic amines is 1. The minimum absolute atomic E-state index is 0.337. The number of H-pyrrole nitrogens is 1. The lowest BCUT2D eigenvalue weighted by molar-refractivity contribution is -0.0550. The van der Waals surface area contributed by atoms with Gasteiger partial charge in [-0.2, -0.15) is 0 Å². The molecule has 10 heteroatoms. The summed E-state index contributed by atoms with van der Waals surface area (Å²) >= 11 is 0. The molecule has 4 rings (SSSR count). The standard InChI is InChI=1S/C18H21N5O5/c1-27-11-4-2-3-10(5-11)6-19-17-13-16(21-8-20-13)22-9-23(17)18-15(26)14(25)12(7-24)28-18/h2-5,8-9,12,14-15,18,24-26H,6-7H2,1H3,(H,20,21)/t12-,14+,15-,18-/m1/s1. The predicted molar refractivity (Wildman–Crippen MR) is 97.1 cm³/mol. The molecule has 1 aliphatic rings. The van der Waals surface area contributed by atoms with E-state index in [9.17, 15) is 15.3 Å². The number of nitrogens with one attached hydrogen (secondary N) is 1. The van der Waals surface area contributed by atoms with Crippen LogP contribution in [0.1, 0.15) is 11.8 Å². The molecule has 10 nitrogen and oxygen atoms in total. The Morgan fingerprint density at radius 1 is 1.29 bits per heavy atom. The lowest BCUT2D eigenvalue weighted by atomic mass is 10.1. The highest BCUT2D eigenvalue weighted by Crippen LogP contribution is 2.28. The summed E-state index contributed by atoms with van der Waals surface area (Å²) in [6.07, 6.45) is -1.34. The Morgan fingerprint density at radius 2 is 2.14 bits per heavy atom. The van der Waals surface area contributed by atoms with Crippen LogP contribution in [0.3, 0.4) is 0 Å². The average molecular weight is 387 g/mol. The first kappa shape index (κ1) is 18.6. The van der Waals surface area contributed by atoms with Gasteiger partial charge in [0.05, 0.1) is 26.6 Å². The second kappa shape index (κ2) is 7.68. The van der Waals surface area contributed by atoms with Gasteiger partial charge >= 0.3 is 0 Å². The minimum Gasteiger partial charge on any atom is -0.497 e. The maximum Gasteiger partial charge on any atom is 0.182 e. The van der Waals surface area contributed by atoms with Gasteiger partial charge in [-0.15, -0.1) is 0 Å². The van der Waals surface area contributed by atoms with Crippen LogP contribution in [-0.2, 0) is 11.3 Å². The molecule has 1 saturated heterocycles. The second-order valence-corrected chi connectivity index (χ2v) is 6.47. The third kappa shape index (κ3) is 3.27. The van der Waals surface area contributed by atoms with Gasteiger partial charge in [-0.25, -0.2) is 9.97 Å². The molecule has 0 saturated carbocycles. The number of benzene rings is 1. The van der Waals surface area contributed by atoms with E-state index in [1.807, 2.05) is 24.3 Å². The summed E-state index contributed by atoms with van der Waals surface area (Å²) in [5.74, 6) is 0.727. The van der Waals surface area contributed by atoms with Crippen LogP contribution in [0, 0.1) is 0 Å². The van der Waals surface area contributed by atoms with Crippen molar-refractivity contribution in [2.24, 2.45) is 4.99 Å². The van der Waals surface area contributed by atoms with Crippen molar-refractivity contribution in [2.75, 3.05) is 13.7 Å². The van der Waals surface area contributed by atoms with Gasteiger partial charge in [-0.1, -0.05) is 12.1 Å². The molecule has 2 aromatic heterocycles. The van der Waals surface area contributed by atoms with E-state index in [4.69, 9.17) is 9.47 Å². The Labute approximate surface area is 159 Å². The van der Waals surface area contributed by atoms with Crippen LogP contribution in [0.4, 0.5) is 0 Å². The van der Waals surface area contributed by atoms with E-state index in [-0.39, 0.29) is 0 Å². The molecular formula is C18H21N5O5. The lowest BCUT2D eigenvalue weighted by Crippen LogP contribution is -2.36. The number of hydrogen-bond acceptors (Lipinski definition) is 8. The molecule has 0 spiro atoms. The van der Waals surface area contributed by atoms with Gasteiger partial charge in [0, 0.05) is 0 Å². The SMILES string of the molecule is COc1cccc(CN=c2c3[nH]cnc3ncn2[C@@H]2O[C@H](CO)[C@H](O)[C@H]2O)c1. The molecule has 1 aromatic carbocycles. The van der Waals surface area contributed by atoms with Crippen LogP contribution in [0.2, 0.25) is 0 Å². The van der Waals surface area contributed by atoms with E-state index in [0.717, 1.165) is 11.3 Å². The van der Waals surface area contributed by atoms with E-state index in [1.54, 1.807) is 7.11 Å². The highest BCUT2D eigenvalue weighted by molar-refractivity contribution is 5.67. The van der Waals surface area contributed by atoms with Crippen molar-refractivity contribution in [2.45, 2.75) is 31.1 Å². The van der Waals surface area contributed by atoms with Gasteiger partial charge in [0.2, 0.25) is 0 Å². The third-order valence-corrected chi connectivity index (χ3v) is 4.73. The van der Waals surface area contributed by atoms with Crippen LogP contribution in [0.15, 0.2) is 41.9 Å². The molecule has 1 fully saturated rings. The normalized spacial score (nSPS) is 25.5. The average Bonchev–Trinajstić information content (AvgIpc) is 3.31. The first-order valence-corrected chi connectivity index (χ1v) is 8.78. The summed E-state index contributed by atoms with van der Waals surface area (Å²) < 4.78 is 12.4. The van der Waals surface area contributed by atoms with Gasteiger partial charge in [0.15, 0.2) is 17.4 Å². The number of aliphatic hydroxyl groups excluding tert-OH is 3. The number of methoxy groups -OCH3 is 1. The number of hydrogen-bond donors (Lipinski definition) is 4. The fourth-order valence-corrected chi connectivity index (χ4v) is 3.24. The Bertz CT molecular complexity index is 1030. The van der Waals surface area contributed by atoms with E-state index < -0.39 is 31.1 Å². The summed E-state index contributed by atoms with van der Waals surface area (Å²) in [6.45, 7) is -0.0740. The summed E-state index contributed by atoms with van der Waals surface area (Å²) in [5, 5.41) is 29.8. The zero-order valence-electron chi connectivity index (χ0n) is 15.1. The number of ether oxygens (including phenoxy) is 2. The van der Waals surface area contributed by atoms with Crippen molar-refractivity contribution < 1.29 is 24.8 Å². The van der Waals surface area contributed by atoms with E-state index in [0.29, 0.717) is 23.2 Å². The van der Waals surface area contributed by atoms with E-state index >= 15 is 0 Å². The molecule has 4 N–H and O–H groups in total. The Kier molecular flexibility index (Phi) is 5.09. The van der Waals surface area contributed by atoms with Crippen LogP contribution in [0.5, 0.6) is 5.75 Å². The third-order valence-electron chi connectivity index (χ3n) is 4.73. The molecule has 1 aliphatic heterocycles. The molecule has 28 heavy (non-hydrogen) atoms. The lowest BCUT2D eigenvalue weighted by Gasteiger charge is -2.18. The molecule has 4 atom stereocenters. The molecule has 0 bridgehead atoms. The molecule has 0 amide bonds. The monoisotopic (exact) mass is 387 g/mol. The highest BCUT2D eigenvalue weighted by atomic mass is 16.6. The summed E-state index contributed by atoms with van der Waals surface area (Å²) in [7, 11) is 1.60. The Balaban J connectivity index is 1.78. The van der Waals surface area contributed by atoms with Gasteiger partial charge < -0.3 is 29.8 Å². The largest absolute Gasteiger partial charge is 0.497 e. The Morgan fingerprint density at radius 3 is 2.89 bits per heavy atom. The summed E-state index contributed by atoms with van der Waals surface area (Å²) in [5.41, 5.74) is 2.42. The minimum atomic E-state index is -1.24.